The number of carbonyl (C=O) groups is 1. The number of anilines is 1. The van der Waals surface area contributed by atoms with Gasteiger partial charge in [0.1, 0.15) is 0 Å². The summed E-state index contributed by atoms with van der Waals surface area (Å²) in [6.07, 6.45) is 0.934. The van der Waals surface area contributed by atoms with E-state index in [4.69, 9.17) is 0 Å². The summed E-state index contributed by atoms with van der Waals surface area (Å²) in [5, 5.41) is 9.06. The zero-order chi connectivity index (χ0) is 15.1. The van der Waals surface area contributed by atoms with Crippen molar-refractivity contribution < 1.29 is 4.79 Å². The number of carbonyl (C=O) groups excluding carboxylic acids is 1. The Kier molecular flexibility index (Phi) is 6.52. The van der Waals surface area contributed by atoms with Gasteiger partial charge in [-0.2, -0.15) is 0 Å². The SMILES string of the molecule is CCC(NC(=O)Nc1ccc(C(C)NC)cc1)C(C)C. The Morgan fingerprint density at radius 1 is 1.15 bits per heavy atom. The lowest BCUT2D eigenvalue weighted by Crippen LogP contribution is -2.40. The van der Waals surface area contributed by atoms with Crippen LogP contribution in [0.25, 0.3) is 0 Å². The van der Waals surface area contributed by atoms with Crippen molar-refractivity contribution in [3.8, 4) is 0 Å². The molecule has 2 unspecified atom stereocenters. The second-order valence-corrected chi connectivity index (χ2v) is 5.49. The third-order valence-electron chi connectivity index (χ3n) is 3.66. The van der Waals surface area contributed by atoms with Crippen molar-refractivity contribution in [1.29, 1.82) is 0 Å². The summed E-state index contributed by atoms with van der Waals surface area (Å²) in [6, 6.07) is 8.28. The van der Waals surface area contributed by atoms with Crippen molar-refractivity contribution in [2.45, 2.75) is 46.2 Å². The predicted molar refractivity (Wildman–Crippen MR) is 85.0 cm³/mol. The molecule has 0 radical (unpaired) electrons. The average molecular weight is 277 g/mol. The zero-order valence-corrected chi connectivity index (χ0v) is 13.2. The Labute approximate surface area is 122 Å². The molecule has 0 heterocycles. The molecular formula is C16H27N3O. The molecule has 4 nitrogen and oxygen atoms in total. The van der Waals surface area contributed by atoms with Gasteiger partial charge in [0.25, 0.3) is 0 Å². The van der Waals surface area contributed by atoms with Gasteiger partial charge in [-0.25, -0.2) is 4.79 Å². The van der Waals surface area contributed by atoms with E-state index in [2.05, 4.69) is 43.6 Å². The molecule has 0 bridgehead atoms. The minimum Gasteiger partial charge on any atom is -0.335 e. The minimum atomic E-state index is -0.139. The average Bonchev–Trinajstić information content (AvgIpc) is 2.44. The van der Waals surface area contributed by atoms with Gasteiger partial charge >= 0.3 is 6.03 Å². The standard InChI is InChI=1S/C16H27N3O/c1-6-15(11(2)3)19-16(20)18-14-9-7-13(8-10-14)12(4)17-5/h7-12,15,17H,6H2,1-5H3,(H2,18,19,20). The van der Waals surface area contributed by atoms with Crippen LogP contribution in [0.3, 0.4) is 0 Å². The van der Waals surface area contributed by atoms with Gasteiger partial charge in [0, 0.05) is 17.8 Å². The molecule has 4 heteroatoms. The Balaban J connectivity index is 2.58. The van der Waals surface area contributed by atoms with Crippen molar-refractivity contribution in [3.05, 3.63) is 29.8 Å². The number of rotatable bonds is 6. The third-order valence-corrected chi connectivity index (χ3v) is 3.66. The summed E-state index contributed by atoms with van der Waals surface area (Å²) in [4.78, 5) is 11.9. The quantitative estimate of drug-likeness (QED) is 0.745. The summed E-state index contributed by atoms with van der Waals surface area (Å²) in [5.74, 6) is 0.435. The molecule has 1 aromatic rings. The number of amides is 2. The topological polar surface area (TPSA) is 53.2 Å². The molecule has 0 aromatic heterocycles. The summed E-state index contributed by atoms with van der Waals surface area (Å²) >= 11 is 0. The molecule has 0 aliphatic rings. The number of hydrogen-bond acceptors (Lipinski definition) is 2. The lowest BCUT2D eigenvalue weighted by Gasteiger charge is -2.21. The molecule has 2 atom stereocenters. The van der Waals surface area contributed by atoms with Crippen molar-refractivity contribution in [3.63, 3.8) is 0 Å². The fourth-order valence-electron chi connectivity index (χ4n) is 2.10. The molecule has 0 saturated heterocycles. The van der Waals surface area contributed by atoms with Crippen LogP contribution in [0.5, 0.6) is 0 Å². The van der Waals surface area contributed by atoms with E-state index in [9.17, 15) is 4.79 Å². The fourth-order valence-corrected chi connectivity index (χ4v) is 2.10. The normalized spacial score (nSPS) is 13.9. The van der Waals surface area contributed by atoms with Gasteiger partial charge in [0.05, 0.1) is 0 Å². The Morgan fingerprint density at radius 2 is 1.75 bits per heavy atom. The molecule has 112 valence electrons. The second-order valence-electron chi connectivity index (χ2n) is 5.49. The van der Waals surface area contributed by atoms with E-state index in [1.165, 1.54) is 5.56 Å². The molecule has 0 spiro atoms. The van der Waals surface area contributed by atoms with Gasteiger partial charge in [-0.15, -0.1) is 0 Å². The van der Waals surface area contributed by atoms with Crippen LogP contribution in [-0.2, 0) is 0 Å². The first-order valence-electron chi connectivity index (χ1n) is 7.32. The maximum Gasteiger partial charge on any atom is 0.319 e. The second kappa shape index (κ2) is 7.90. The first-order valence-corrected chi connectivity index (χ1v) is 7.32. The predicted octanol–water partition coefficient (Wildman–Crippen LogP) is 3.52. The monoisotopic (exact) mass is 277 g/mol. The van der Waals surface area contributed by atoms with Gasteiger partial charge in [0.2, 0.25) is 0 Å². The Bertz CT molecular complexity index is 414. The molecule has 0 fully saturated rings. The van der Waals surface area contributed by atoms with Crippen LogP contribution in [0.15, 0.2) is 24.3 Å². The number of benzene rings is 1. The van der Waals surface area contributed by atoms with Crippen LogP contribution in [-0.4, -0.2) is 19.1 Å². The van der Waals surface area contributed by atoms with E-state index in [1.807, 2.05) is 31.3 Å². The van der Waals surface area contributed by atoms with E-state index >= 15 is 0 Å². The van der Waals surface area contributed by atoms with Gasteiger partial charge in [-0.1, -0.05) is 32.9 Å². The molecular weight excluding hydrogens is 250 g/mol. The molecule has 2 amide bonds. The van der Waals surface area contributed by atoms with Gasteiger partial charge in [-0.05, 0) is 44.0 Å². The highest BCUT2D eigenvalue weighted by Gasteiger charge is 2.13. The van der Waals surface area contributed by atoms with Crippen LogP contribution >= 0.6 is 0 Å². The minimum absolute atomic E-state index is 0.139. The lowest BCUT2D eigenvalue weighted by atomic mass is 10.0. The lowest BCUT2D eigenvalue weighted by molar-refractivity contribution is 0.244. The molecule has 20 heavy (non-hydrogen) atoms. The third kappa shape index (κ3) is 4.85. The molecule has 3 N–H and O–H groups in total. The zero-order valence-electron chi connectivity index (χ0n) is 13.2. The summed E-state index contributed by atoms with van der Waals surface area (Å²) in [7, 11) is 1.93. The molecule has 0 aliphatic heterocycles. The largest absolute Gasteiger partial charge is 0.335 e. The molecule has 0 saturated carbocycles. The van der Waals surface area contributed by atoms with Gasteiger partial charge in [0.15, 0.2) is 0 Å². The summed E-state index contributed by atoms with van der Waals surface area (Å²) in [6.45, 7) is 8.41. The van der Waals surface area contributed by atoms with Crippen molar-refractivity contribution in [2.75, 3.05) is 12.4 Å². The van der Waals surface area contributed by atoms with Crippen LogP contribution in [0.4, 0.5) is 10.5 Å². The van der Waals surface area contributed by atoms with Gasteiger partial charge < -0.3 is 16.0 Å². The number of urea groups is 1. The van der Waals surface area contributed by atoms with Crippen LogP contribution < -0.4 is 16.0 Å². The molecule has 1 aromatic carbocycles. The smallest absolute Gasteiger partial charge is 0.319 e. The number of nitrogens with one attached hydrogen (secondary N) is 3. The Morgan fingerprint density at radius 3 is 2.20 bits per heavy atom. The highest BCUT2D eigenvalue weighted by Crippen LogP contribution is 2.15. The van der Waals surface area contributed by atoms with Crippen LogP contribution in [0.2, 0.25) is 0 Å². The molecule has 0 aliphatic carbocycles. The van der Waals surface area contributed by atoms with Crippen LogP contribution in [0.1, 0.15) is 45.7 Å². The van der Waals surface area contributed by atoms with Crippen LogP contribution in [0, 0.1) is 5.92 Å². The van der Waals surface area contributed by atoms with Crippen molar-refractivity contribution in [2.24, 2.45) is 5.92 Å². The number of hydrogen-bond donors (Lipinski definition) is 3. The fraction of sp³-hybridized carbons (Fsp3) is 0.562. The van der Waals surface area contributed by atoms with Gasteiger partial charge in [-0.3, -0.25) is 0 Å². The Hall–Kier alpha value is -1.55. The van der Waals surface area contributed by atoms with Crippen molar-refractivity contribution in [1.82, 2.24) is 10.6 Å². The first-order chi connectivity index (χ1) is 9.47. The maximum absolute atomic E-state index is 11.9. The van der Waals surface area contributed by atoms with E-state index in [0.717, 1.165) is 12.1 Å². The highest BCUT2D eigenvalue weighted by atomic mass is 16.2. The van der Waals surface area contributed by atoms with E-state index in [1.54, 1.807) is 0 Å². The van der Waals surface area contributed by atoms with E-state index in [0.29, 0.717) is 12.0 Å². The first kappa shape index (κ1) is 16.5. The van der Waals surface area contributed by atoms with E-state index < -0.39 is 0 Å². The highest BCUT2D eigenvalue weighted by molar-refractivity contribution is 5.89. The van der Waals surface area contributed by atoms with E-state index in [-0.39, 0.29) is 12.1 Å². The summed E-state index contributed by atoms with van der Waals surface area (Å²) < 4.78 is 0. The summed E-state index contributed by atoms with van der Waals surface area (Å²) in [5.41, 5.74) is 2.01. The maximum atomic E-state index is 11.9. The molecule has 1 rings (SSSR count). The van der Waals surface area contributed by atoms with Crippen molar-refractivity contribution >= 4 is 11.7 Å².